The van der Waals surface area contributed by atoms with Crippen molar-refractivity contribution in [2.24, 2.45) is 0 Å². The summed E-state index contributed by atoms with van der Waals surface area (Å²) in [5.41, 5.74) is 0.470. The van der Waals surface area contributed by atoms with Crippen LogP contribution in [0.5, 0.6) is 0 Å². The number of hydrogen-bond acceptors (Lipinski definition) is 3. The number of likely N-dealkylation sites (tertiary alicyclic amines) is 1. The van der Waals surface area contributed by atoms with E-state index in [2.05, 4.69) is 4.98 Å². The van der Waals surface area contributed by atoms with E-state index in [-0.39, 0.29) is 17.7 Å². The highest BCUT2D eigenvalue weighted by atomic mass is 16.2. The second-order valence-electron chi connectivity index (χ2n) is 5.12. The maximum Gasteiger partial charge on any atom is 0.272 e. The van der Waals surface area contributed by atoms with Crippen molar-refractivity contribution in [2.75, 3.05) is 6.54 Å². The number of rotatable bonds is 3. The van der Waals surface area contributed by atoms with Crippen LogP contribution in [-0.2, 0) is 4.79 Å². The summed E-state index contributed by atoms with van der Waals surface area (Å²) < 4.78 is 0. The van der Waals surface area contributed by atoms with Crippen LogP contribution >= 0.6 is 0 Å². The summed E-state index contributed by atoms with van der Waals surface area (Å²) in [6, 6.07) is 5.39. The average molecular weight is 260 g/mol. The molecule has 0 aromatic carbocycles. The molecule has 4 nitrogen and oxygen atoms in total. The van der Waals surface area contributed by atoms with Gasteiger partial charge in [-0.25, -0.2) is 0 Å². The third kappa shape index (κ3) is 3.63. The molecule has 0 radical (unpaired) electrons. The third-order valence-electron chi connectivity index (χ3n) is 3.55. The maximum atomic E-state index is 12.5. The first-order chi connectivity index (χ1) is 9.18. The first kappa shape index (κ1) is 13.7. The average Bonchev–Trinajstić information content (AvgIpc) is 2.64. The van der Waals surface area contributed by atoms with Crippen LogP contribution in [0.2, 0.25) is 0 Å². The van der Waals surface area contributed by atoms with Gasteiger partial charge in [0.1, 0.15) is 11.5 Å². The second-order valence-corrected chi connectivity index (χ2v) is 5.12. The van der Waals surface area contributed by atoms with Crippen molar-refractivity contribution < 1.29 is 9.59 Å². The van der Waals surface area contributed by atoms with Gasteiger partial charge in [0.2, 0.25) is 0 Å². The van der Waals surface area contributed by atoms with Crippen LogP contribution in [0.25, 0.3) is 0 Å². The van der Waals surface area contributed by atoms with Crippen LogP contribution in [0.15, 0.2) is 24.4 Å². The van der Waals surface area contributed by atoms with Crippen molar-refractivity contribution in [3.8, 4) is 0 Å². The van der Waals surface area contributed by atoms with Gasteiger partial charge in [-0.2, -0.15) is 0 Å². The van der Waals surface area contributed by atoms with E-state index in [1.54, 1.807) is 25.3 Å². The van der Waals surface area contributed by atoms with Gasteiger partial charge in [0.25, 0.3) is 5.91 Å². The summed E-state index contributed by atoms with van der Waals surface area (Å²) in [5.74, 6) is 0.0967. The Morgan fingerprint density at radius 1 is 1.32 bits per heavy atom. The Hall–Kier alpha value is -1.71. The van der Waals surface area contributed by atoms with Crippen molar-refractivity contribution >= 4 is 11.7 Å². The van der Waals surface area contributed by atoms with Crippen LogP contribution < -0.4 is 0 Å². The SMILES string of the molecule is CC(=O)CC1CCCCCN1C(=O)c1ccccn1. The summed E-state index contributed by atoms with van der Waals surface area (Å²) in [4.78, 5) is 29.8. The van der Waals surface area contributed by atoms with Crippen molar-refractivity contribution in [3.63, 3.8) is 0 Å². The highest BCUT2D eigenvalue weighted by molar-refractivity contribution is 5.92. The number of amides is 1. The van der Waals surface area contributed by atoms with Crippen LogP contribution in [0.1, 0.15) is 49.5 Å². The van der Waals surface area contributed by atoms with Gasteiger partial charge in [0.15, 0.2) is 0 Å². The van der Waals surface area contributed by atoms with Gasteiger partial charge in [-0.05, 0) is 31.9 Å². The number of pyridine rings is 1. The lowest BCUT2D eigenvalue weighted by molar-refractivity contribution is -0.118. The lowest BCUT2D eigenvalue weighted by Crippen LogP contribution is -2.41. The summed E-state index contributed by atoms with van der Waals surface area (Å²) in [5, 5.41) is 0. The van der Waals surface area contributed by atoms with E-state index in [4.69, 9.17) is 0 Å². The van der Waals surface area contributed by atoms with E-state index in [1.165, 1.54) is 0 Å². The number of carbonyl (C=O) groups excluding carboxylic acids is 2. The van der Waals surface area contributed by atoms with Gasteiger partial charge in [0, 0.05) is 25.2 Å². The summed E-state index contributed by atoms with van der Waals surface area (Å²) in [6.45, 7) is 2.32. The van der Waals surface area contributed by atoms with E-state index < -0.39 is 0 Å². The van der Waals surface area contributed by atoms with Gasteiger partial charge in [0.05, 0.1) is 0 Å². The topological polar surface area (TPSA) is 50.3 Å². The minimum absolute atomic E-state index is 0.0366. The highest BCUT2D eigenvalue weighted by Crippen LogP contribution is 2.21. The smallest absolute Gasteiger partial charge is 0.272 e. The predicted octanol–water partition coefficient (Wildman–Crippen LogP) is 2.45. The van der Waals surface area contributed by atoms with Crippen LogP contribution in [0, 0.1) is 0 Å². The molecule has 1 atom stereocenters. The predicted molar refractivity (Wildman–Crippen MR) is 72.8 cm³/mol. The quantitative estimate of drug-likeness (QED) is 0.838. The Bertz CT molecular complexity index is 445. The first-order valence-electron chi connectivity index (χ1n) is 6.90. The van der Waals surface area contributed by atoms with Gasteiger partial charge in [-0.15, -0.1) is 0 Å². The zero-order valence-corrected chi connectivity index (χ0v) is 11.3. The molecule has 4 heteroatoms. The number of hydrogen-bond donors (Lipinski definition) is 0. The molecule has 0 spiro atoms. The molecule has 2 heterocycles. The van der Waals surface area contributed by atoms with Crippen molar-refractivity contribution in [3.05, 3.63) is 30.1 Å². The lowest BCUT2D eigenvalue weighted by atomic mass is 10.0. The van der Waals surface area contributed by atoms with Crippen molar-refractivity contribution in [2.45, 2.75) is 45.1 Å². The van der Waals surface area contributed by atoms with Crippen molar-refractivity contribution in [1.82, 2.24) is 9.88 Å². The Morgan fingerprint density at radius 2 is 2.16 bits per heavy atom. The summed E-state index contributed by atoms with van der Waals surface area (Å²) in [7, 11) is 0. The monoisotopic (exact) mass is 260 g/mol. The molecule has 1 aliphatic rings. The minimum Gasteiger partial charge on any atom is -0.334 e. The number of carbonyl (C=O) groups is 2. The van der Waals surface area contributed by atoms with Crippen LogP contribution in [-0.4, -0.2) is 34.2 Å². The summed E-state index contributed by atoms with van der Waals surface area (Å²) >= 11 is 0. The molecule has 1 aromatic heterocycles. The van der Waals surface area contributed by atoms with Gasteiger partial charge in [-0.1, -0.05) is 18.9 Å². The van der Waals surface area contributed by atoms with E-state index in [0.717, 1.165) is 32.2 Å². The molecule has 0 saturated carbocycles. The third-order valence-corrected chi connectivity index (χ3v) is 3.55. The lowest BCUT2D eigenvalue weighted by Gasteiger charge is -2.29. The summed E-state index contributed by atoms with van der Waals surface area (Å²) in [6.07, 6.45) is 6.22. The molecule has 19 heavy (non-hydrogen) atoms. The molecule has 1 aromatic rings. The minimum atomic E-state index is -0.0475. The van der Waals surface area contributed by atoms with Gasteiger partial charge >= 0.3 is 0 Å². The molecule has 1 aliphatic heterocycles. The molecule has 2 rings (SSSR count). The molecular formula is C15H20N2O2. The Labute approximate surface area is 113 Å². The maximum absolute atomic E-state index is 12.5. The number of ketones is 1. The zero-order valence-electron chi connectivity index (χ0n) is 11.3. The molecule has 102 valence electrons. The number of aromatic nitrogens is 1. The molecule has 1 fully saturated rings. The zero-order chi connectivity index (χ0) is 13.7. The fourth-order valence-corrected chi connectivity index (χ4v) is 2.63. The first-order valence-corrected chi connectivity index (χ1v) is 6.90. The molecule has 0 aliphatic carbocycles. The fraction of sp³-hybridized carbons (Fsp3) is 0.533. The molecule has 1 unspecified atom stereocenters. The van der Waals surface area contributed by atoms with E-state index >= 15 is 0 Å². The van der Waals surface area contributed by atoms with Gasteiger partial charge in [-0.3, -0.25) is 14.6 Å². The highest BCUT2D eigenvalue weighted by Gasteiger charge is 2.27. The Morgan fingerprint density at radius 3 is 2.84 bits per heavy atom. The molecule has 1 amide bonds. The van der Waals surface area contributed by atoms with E-state index in [1.807, 2.05) is 11.0 Å². The largest absolute Gasteiger partial charge is 0.334 e. The molecule has 1 saturated heterocycles. The Balaban J connectivity index is 2.17. The number of Topliss-reactive ketones (excluding diaryl/α,β-unsaturated/α-hetero) is 1. The van der Waals surface area contributed by atoms with Crippen LogP contribution in [0.4, 0.5) is 0 Å². The molecular weight excluding hydrogens is 240 g/mol. The Kier molecular flexibility index (Phi) is 4.66. The number of nitrogens with zero attached hydrogens (tertiary/aromatic N) is 2. The standard InChI is InChI=1S/C15H20N2O2/c1-12(18)11-13-7-3-2-6-10-17(13)15(19)14-8-4-5-9-16-14/h4-5,8-9,13H,2-3,6-7,10-11H2,1H3. The van der Waals surface area contributed by atoms with Crippen LogP contribution in [0.3, 0.4) is 0 Å². The van der Waals surface area contributed by atoms with Gasteiger partial charge < -0.3 is 4.90 Å². The molecule has 0 N–H and O–H groups in total. The molecule has 0 bridgehead atoms. The van der Waals surface area contributed by atoms with E-state index in [9.17, 15) is 9.59 Å². The van der Waals surface area contributed by atoms with E-state index in [0.29, 0.717) is 12.1 Å². The normalized spacial score (nSPS) is 19.8. The second kappa shape index (κ2) is 6.45. The fourth-order valence-electron chi connectivity index (χ4n) is 2.63. The van der Waals surface area contributed by atoms with Crippen molar-refractivity contribution in [1.29, 1.82) is 0 Å².